The molecule has 2 atom stereocenters. The molecule has 1 aliphatic carbocycles. The van der Waals surface area contributed by atoms with Crippen LogP contribution in [0.2, 0.25) is 0 Å². The molecule has 3 heteroatoms. The van der Waals surface area contributed by atoms with Gasteiger partial charge in [0.2, 0.25) is 0 Å². The Morgan fingerprint density at radius 2 is 2.28 bits per heavy atom. The molecular weight excluding hydrogens is 224 g/mol. The van der Waals surface area contributed by atoms with E-state index in [-0.39, 0.29) is 5.54 Å². The van der Waals surface area contributed by atoms with Crippen LogP contribution in [-0.2, 0) is 5.54 Å². The molecule has 0 bridgehead atoms. The lowest BCUT2D eigenvalue weighted by atomic mass is 9.71. The first kappa shape index (κ1) is 13.3. The van der Waals surface area contributed by atoms with Crippen molar-refractivity contribution in [3.63, 3.8) is 0 Å². The van der Waals surface area contributed by atoms with E-state index in [2.05, 4.69) is 24.9 Å². The third-order valence-corrected chi connectivity index (χ3v) is 4.08. The number of hydrogen-bond acceptors (Lipinski definition) is 3. The molecule has 1 aromatic heterocycles. The van der Waals surface area contributed by atoms with Gasteiger partial charge in [0.15, 0.2) is 0 Å². The zero-order chi connectivity index (χ0) is 13.0. The topological polar surface area (TPSA) is 48.1 Å². The second-order valence-corrected chi connectivity index (χ2v) is 5.44. The number of hydrogen-bond donors (Lipinski definition) is 1. The van der Waals surface area contributed by atoms with Gasteiger partial charge in [0.05, 0.1) is 12.8 Å². The first-order chi connectivity index (χ1) is 8.66. The number of nitrogens with two attached hydrogens (primary N) is 1. The molecule has 100 valence electrons. The second-order valence-electron chi connectivity index (χ2n) is 5.44. The minimum absolute atomic E-state index is 0.225. The van der Waals surface area contributed by atoms with Crippen LogP contribution < -0.4 is 10.5 Å². The summed E-state index contributed by atoms with van der Waals surface area (Å²) in [6.07, 6.45) is 9.44. The van der Waals surface area contributed by atoms with Gasteiger partial charge in [0, 0.05) is 11.7 Å². The maximum Gasteiger partial charge on any atom is 0.137 e. The van der Waals surface area contributed by atoms with Crippen LogP contribution in [0, 0.1) is 5.92 Å². The van der Waals surface area contributed by atoms with Gasteiger partial charge < -0.3 is 10.5 Å². The SMILES string of the molecule is CCCOc1cncc(C2(N)CCCCC2C)c1. The van der Waals surface area contributed by atoms with Gasteiger partial charge in [0.1, 0.15) is 5.75 Å². The molecule has 1 heterocycles. The zero-order valence-electron chi connectivity index (χ0n) is 11.5. The number of rotatable bonds is 4. The number of ether oxygens (including phenoxy) is 1. The van der Waals surface area contributed by atoms with E-state index in [1.807, 2.05) is 6.20 Å². The van der Waals surface area contributed by atoms with Crippen LogP contribution in [0.3, 0.4) is 0 Å². The highest BCUT2D eigenvalue weighted by molar-refractivity contribution is 5.30. The largest absolute Gasteiger partial charge is 0.492 e. The molecule has 2 rings (SSSR count). The van der Waals surface area contributed by atoms with E-state index in [0.29, 0.717) is 5.92 Å². The Morgan fingerprint density at radius 1 is 1.44 bits per heavy atom. The maximum atomic E-state index is 6.63. The molecule has 0 radical (unpaired) electrons. The van der Waals surface area contributed by atoms with E-state index in [0.717, 1.165) is 30.8 Å². The molecular formula is C15H24N2O. The van der Waals surface area contributed by atoms with Gasteiger partial charge in [-0.1, -0.05) is 26.7 Å². The van der Waals surface area contributed by atoms with E-state index < -0.39 is 0 Å². The summed E-state index contributed by atoms with van der Waals surface area (Å²) in [4.78, 5) is 4.29. The Hall–Kier alpha value is -1.09. The van der Waals surface area contributed by atoms with E-state index in [1.54, 1.807) is 6.20 Å². The van der Waals surface area contributed by atoms with Crippen molar-refractivity contribution in [2.75, 3.05) is 6.61 Å². The van der Waals surface area contributed by atoms with Gasteiger partial charge in [-0.3, -0.25) is 4.98 Å². The second kappa shape index (κ2) is 5.70. The highest BCUT2D eigenvalue weighted by Crippen LogP contribution is 2.39. The Bertz CT molecular complexity index is 394. The lowest BCUT2D eigenvalue weighted by Crippen LogP contribution is -2.45. The highest BCUT2D eigenvalue weighted by atomic mass is 16.5. The Labute approximate surface area is 110 Å². The summed E-state index contributed by atoms with van der Waals surface area (Å²) < 4.78 is 5.65. The quantitative estimate of drug-likeness (QED) is 0.890. The van der Waals surface area contributed by atoms with Crippen LogP contribution >= 0.6 is 0 Å². The van der Waals surface area contributed by atoms with E-state index in [4.69, 9.17) is 10.5 Å². The summed E-state index contributed by atoms with van der Waals surface area (Å²) in [7, 11) is 0. The van der Waals surface area contributed by atoms with Crippen molar-refractivity contribution in [1.82, 2.24) is 4.98 Å². The standard InChI is InChI=1S/C15H24N2O/c1-3-8-18-14-9-13(10-17-11-14)15(16)7-5-4-6-12(15)2/h9-12H,3-8,16H2,1-2H3. The third kappa shape index (κ3) is 2.66. The Morgan fingerprint density at radius 3 is 3.00 bits per heavy atom. The zero-order valence-corrected chi connectivity index (χ0v) is 11.5. The molecule has 1 saturated carbocycles. The fraction of sp³-hybridized carbons (Fsp3) is 0.667. The summed E-state index contributed by atoms with van der Waals surface area (Å²) in [5, 5.41) is 0. The van der Waals surface area contributed by atoms with E-state index in [1.165, 1.54) is 19.3 Å². The van der Waals surface area contributed by atoms with Gasteiger partial charge in [-0.25, -0.2) is 0 Å². The minimum Gasteiger partial charge on any atom is -0.492 e. The molecule has 2 unspecified atom stereocenters. The number of nitrogens with zero attached hydrogens (tertiary/aromatic N) is 1. The molecule has 0 spiro atoms. The van der Waals surface area contributed by atoms with Gasteiger partial charge in [-0.05, 0) is 36.8 Å². The highest BCUT2D eigenvalue weighted by Gasteiger charge is 2.36. The van der Waals surface area contributed by atoms with Gasteiger partial charge in [-0.2, -0.15) is 0 Å². The molecule has 3 nitrogen and oxygen atoms in total. The van der Waals surface area contributed by atoms with Crippen molar-refractivity contribution >= 4 is 0 Å². The van der Waals surface area contributed by atoms with Crippen LogP contribution in [0.1, 0.15) is 51.5 Å². The van der Waals surface area contributed by atoms with Crippen molar-refractivity contribution in [3.8, 4) is 5.75 Å². The monoisotopic (exact) mass is 248 g/mol. The lowest BCUT2D eigenvalue weighted by molar-refractivity contribution is 0.205. The fourth-order valence-corrected chi connectivity index (χ4v) is 2.77. The van der Waals surface area contributed by atoms with Crippen molar-refractivity contribution in [3.05, 3.63) is 24.0 Å². The van der Waals surface area contributed by atoms with Gasteiger partial charge in [0.25, 0.3) is 0 Å². The molecule has 1 aromatic rings. The molecule has 1 aliphatic rings. The van der Waals surface area contributed by atoms with Crippen LogP contribution in [-0.4, -0.2) is 11.6 Å². The van der Waals surface area contributed by atoms with Crippen molar-refractivity contribution < 1.29 is 4.74 Å². The average Bonchev–Trinajstić information content (AvgIpc) is 2.40. The molecule has 1 fully saturated rings. The maximum absolute atomic E-state index is 6.63. The first-order valence-corrected chi connectivity index (χ1v) is 7.04. The Kier molecular flexibility index (Phi) is 4.23. The van der Waals surface area contributed by atoms with Gasteiger partial charge >= 0.3 is 0 Å². The smallest absolute Gasteiger partial charge is 0.137 e. The van der Waals surface area contributed by atoms with Crippen molar-refractivity contribution in [2.24, 2.45) is 11.7 Å². The summed E-state index contributed by atoms with van der Waals surface area (Å²) in [5.74, 6) is 1.35. The number of aromatic nitrogens is 1. The number of pyridine rings is 1. The molecule has 0 aromatic carbocycles. The lowest BCUT2D eigenvalue weighted by Gasteiger charge is -2.39. The fourth-order valence-electron chi connectivity index (χ4n) is 2.77. The van der Waals surface area contributed by atoms with E-state index in [9.17, 15) is 0 Å². The van der Waals surface area contributed by atoms with Crippen LogP contribution in [0.15, 0.2) is 18.5 Å². The van der Waals surface area contributed by atoms with Crippen molar-refractivity contribution in [2.45, 2.75) is 51.5 Å². The normalized spacial score (nSPS) is 28.1. The average molecular weight is 248 g/mol. The Balaban J connectivity index is 2.20. The molecule has 0 aliphatic heterocycles. The molecule has 18 heavy (non-hydrogen) atoms. The van der Waals surface area contributed by atoms with Crippen molar-refractivity contribution in [1.29, 1.82) is 0 Å². The molecule has 2 N–H and O–H groups in total. The minimum atomic E-state index is -0.225. The van der Waals surface area contributed by atoms with Gasteiger partial charge in [-0.15, -0.1) is 0 Å². The summed E-state index contributed by atoms with van der Waals surface area (Å²) >= 11 is 0. The third-order valence-electron chi connectivity index (χ3n) is 4.08. The summed E-state index contributed by atoms with van der Waals surface area (Å²) in [6, 6.07) is 2.07. The first-order valence-electron chi connectivity index (χ1n) is 7.04. The summed E-state index contributed by atoms with van der Waals surface area (Å²) in [5.41, 5.74) is 7.53. The summed E-state index contributed by atoms with van der Waals surface area (Å²) in [6.45, 7) is 5.09. The molecule has 0 saturated heterocycles. The predicted octanol–water partition coefficient (Wildman–Crippen LogP) is 3.23. The van der Waals surface area contributed by atoms with Crippen LogP contribution in [0.4, 0.5) is 0 Å². The van der Waals surface area contributed by atoms with Crippen LogP contribution in [0.25, 0.3) is 0 Å². The molecule has 0 amide bonds. The van der Waals surface area contributed by atoms with E-state index >= 15 is 0 Å². The van der Waals surface area contributed by atoms with Crippen LogP contribution in [0.5, 0.6) is 5.75 Å². The predicted molar refractivity (Wildman–Crippen MR) is 73.5 cm³/mol.